The maximum Gasteiger partial charge on any atom is 0.343 e. The fourth-order valence-corrected chi connectivity index (χ4v) is 1.75. The average Bonchev–Trinajstić information content (AvgIpc) is 2.68. The van der Waals surface area contributed by atoms with E-state index in [9.17, 15) is 4.79 Å². The molecular formula is C15H23N3O. The molecule has 0 unspecified atom stereocenters. The number of nitrogens with one attached hydrogen (secondary N) is 1. The van der Waals surface area contributed by atoms with Crippen LogP contribution in [-0.2, 0) is 0 Å². The number of aromatic nitrogens is 2. The van der Waals surface area contributed by atoms with Crippen LogP contribution in [0.25, 0.3) is 10.9 Å². The van der Waals surface area contributed by atoms with Crippen LogP contribution < -0.4 is 5.32 Å². The van der Waals surface area contributed by atoms with Gasteiger partial charge in [-0.25, -0.2) is 4.79 Å². The first kappa shape index (κ1) is 15.2. The fraction of sp³-hybridized carbons (Fsp3) is 0.467. The van der Waals surface area contributed by atoms with Gasteiger partial charge in [0.1, 0.15) is 0 Å². The smallest absolute Gasteiger partial charge is 0.332 e. The van der Waals surface area contributed by atoms with E-state index < -0.39 is 0 Å². The summed E-state index contributed by atoms with van der Waals surface area (Å²) in [6.07, 6.45) is 0. The molecule has 1 amide bonds. The number of carbonyl (C=O) groups is 1. The molecular weight excluding hydrogens is 238 g/mol. The largest absolute Gasteiger partial charge is 0.343 e. The first-order chi connectivity index (χ1) is 8.88. The van der Waals surface area contributed by atoms with Crippen LogP contribution in [0.5, 0.6) is 0 Å². The molecule has 0 spiro atoms. The third-order valence-corrected chi connectivity index (χ3v) is 2.45. The van der Waals surface area contributed by atoms with Crippen LogP contribution >= 0.6 is 0 Å². The second kappa shape index (κ2) is 5.87. The van der Waals surface area contributed by atoms with Crippen molar-refractivity contribution in [1.29, 1.82) is 0 Å². The number of fused-ring (bicyclic) bond motifs is 1. The summed E-state index contributed by atoms with van der Waals surface area (Å²) in [5, 5.41) is 8.19. The number of aryl methyl sites for hydroxylation is 1. The molecule has 19 heavy (non-hydrogen) atoms. The Labute approximate surface area is 114 Å². The molecule has 2 rings (SSSR count). The molecule has 0 saturated heterocycles. The first-order valence-electron chi connectivity index (χ1n) is 6.65. The van der Waals surface area contributed by atoms with Gasteiger partial charge in [0.15, 0.2) is 0 Å². The minimum Gasteiger partial charge on any atom is -0.332 e. The zero-order valence-corrected chi connectivity index (χ0v) is 12.6. The lowest BCUT2D eigenvalue weighted by Gasteiger charge is -2.20. The predicted molar refractivity (Wildman–Crippen MR) is 79.5 cm³/mol. The van der Waals surface area contributed by atoms with Crippen molar-refractivity contribution in [2.75, 3.05) is 0 Å². The second-order valence-electron chi connectivity index (χ2n) is 5.19. The fourth-order valence-electron chi connectivity index (χ4n) is 1.75. The Morgan fingerprint density at radius 3 is 2.37 bits per heavy atom. The Morgan fingerprint density at radius 2 is 1.79 bits per heavy atom. The van der Waals surface area contributed by atoms with Crippen LogP contribution in [0.2, 0.25) is 0 Å². The van der Waals surface area contributed by atoms with Crippen molar-refractivity contribution < 1.29 is 4.79 Å². The van der Waals surface area contributed by atoms with Crippen LogP contribution in [0.3, 0.4) is 0 Å². The van der Waals surface area contributed by atoms with Gasteiger partial charge < -0.3 is 5.32 Å². The molecule has 1 aromatic carbocycles. The van der Waals surface area contributed by atoms with Gasteiger partial charge in [0.25, 0.3) is 0 Å². The topological polar surface area (TPSA) is 46.9 Å². The molecule has 0 aliphatic heterocycles. The van der Waals surface area contributed by atoms with Gasteiger partial charge in [0, 0.05) is 10.9 Å². The minimum atomic E-state index is -0.266. The summed E-state index contributed by atoms with van der Waals surface area (Å²) in [6.45, 7) is 11.7. The highest BCUT2D eigenvalue weighted by Gasteiger charge is 2.18. The molecule has 1 aromatic heterocycles. The number of carbonyl (C=O) groups excluding carboxylic acids is 1. The van der Waals surface area contributed by atoms with Crippen molar-refractivity contribution in [3.8, 4) is 0 Å². The number of nitrogens with zero attached hydrogens (tertiary/aromatic N) is 2. The zero-order chi connectivity index (χ0) is 14.6. The van der Waals surface area contributed by atoms with E-state index in [1.165, 1.54) is 4.68 Å². The molecule has 0 fully saturated rings. The summed E-state index contributed by atoms with van der Waals surface area (Å²) >= 11 is 0. The van der Waals surface area contributed by atoms with Crippen molar-refractivity contribution >= 4 is 16.9 Å². The lowest BCUT2D eigenvalue weighted by molar-refractivity contribution is 0.231. The van der Waals surface area contributed by atoms with Gasteiger partial charge in [-0.2, -0.15) is 9.78 Å². The molecule has 0 aliphatic rings. The number of rotatable bonds is 0. The van der Waals surface area contributed by atoms with Gasteiger partial charge in [0.2, 0.25) is 0 Å². The summed E-state index contributed by atoms with van der Waals surface area (Å²) in [5.74, 6) is 0. The molecule has 0 saturated carbocycles. The summed E-state index contributed by atoms with van der Waals surface area (Å²) in [5.41, 5.74) is 1.44. The Morgan fingerprint density at radius 1 is 1.21 bits per heavy atom. The molecule has 4 heteroatoms. The normalized spacial score (nSPS) is 10.8. The quantitative estimate of drug-likeness (QED) is 0.785. The van der Waals surface area contributed by atoms with E-state index in [0.717, 1.165) is 16.6 Å². The molecule has 4 nitrogen and oxygen atoms in total. The standard InChI is InChI=1S/C13H17N3O.C2H6/c1-9-10-7-5-6-8-11(10)16(15-9)12(17)14-13(2,3)4;1-2/h5-8H,1-4H3,(H,14,17);1-2H3. The summed E-state index contributed by atoms with van der Waals surface area (Å²) in [6, 6.07) is 7.53. The van der Waals surface area contributed by atoms with Crippen molar-refractivity contribution in [1.82, 2.24) is 15.1 Å². The Bertz CT molecular complexity index is 564. The van der Waals surface area contributed by atoms with Gasteiger partial charge in [0.05, 0.1) is 11.2 Å². The van der Waals surface area contributed by atoms with Crippen molar-refractivity contribution in [2.24, 2.45) is 0 Å². The van der Waals surface area contributed by atoms with E-state index in [0.29, 0.717) is 0 Å². The number of hydrogen-bond donors (Lipinski definition) is 1. The van der Waals surface area contributed by atoms with E-state index in [1.807, 2.05) is 65.8 Å². The Hall–Kier alpha value is -1.84. The molecule has 1 heterocycles. The molecule has 2 aromatic rings. The van der Waals surface area contributed by atoms with Gasteiger partial charge in [-0.3, -0.25) is 0 Å². The van der Waals surface area contributed by atoms with E-state index >= 15 is 0 Å². The molecule has 104 valence electrons. The van der Waals surface area contributed by atoms with Crippen molar-refractivity contribution in [2.45, 2.75) is 47.1 Å². The van der Waals surface area contributed by atoms with Crippen LogP contribution in [0, 0.1) is 6.92 Å². The van der Waals surface area contributed by atoms with E-state index in [2.05, 4.69) is 10.4 Å². The van der Waals surface area contributed by atoms with Crippen LogP contribution in [-0.4, -0.2) is 21.4 Å². The monoisotopic (exact) mass is 261 g/mol. The highest BCUT2D eigenvalue weighted by Crippen LogP contribution is 2.17. The maximum atomic E-state index is 12.1. The Kier molecular flexibility index (Phi) is 4.70. The SMILES string of the molecule is CC.Cc1nn(C(=O)NC(C)(C)C)c2ccccc12. The molecule has 0 bridgehead atoms. The molecule has 0 aliphatic carbocycles. The number of para-hydroxylation sites is 1. The first-order valence-corrected chi connectivity index (χ1v) is 6.65. The highest BCUT2D eigenvalue weighted by molar-refractivity contribution is 5.91. The average molecular weight is 261 g/mol. The van der Waals surface area contributed by atoms with Crippen LogP contribution in [0.15, 0.2) is 24.3 Å². The number of hydrogen-bond acceptors (Lipinski definition) is 2. The maximum absolute atomic E-state index is 12.1. The number of amides is 1. The summed E-state index contributed by atoms with van der Waals surface area (Å²) in [7, 11) is 0. The zero-order valence-electron chi connectivity index (χ0n) is 12.6. The van der Waals surface area contributed by atoms with Crippen LogP contribution in [0.4, 0.5) is 4.79 Å². The van der Waals surface area contributed by atoms with Crippen molar-refractivity contribution in [3.05, 3.63) is 30.0 Å². The highest BCUT2D eigenvalue weighted by atomic mass is 16.2. The van der Waals surface area contributed by atoms with Gasteiger partial charge in [-0.15, -0.1) is 0 Å². The third kappa shape index (κ3) is 3.56. The summed E-state index contributed by atoms with van der Waals surface area (Å²) < 4.78 is 1.43. The van der Waals surface area contributed by atoms with E-state index in [-0.39, 0.29) is 11.6 Å². The lowest BCUT2D eigenvalue weighted by atomic mass is 10.1. The second-order valence-corrected chi connectivity index (χ2v) is 5.19. The van der Waals surface area contributed by atoms with Crippen molar-refractivity contribution in [3.63, 3.8) is 0 Å². The third-order valence-electron chi connectivity index (χ3n) is 2.45. The van der Waals surface area contributed by atoms with E-state index in [1.54, 1.807) is 0 Å². The Balaban J connectivity index is 0.000000861. The lowest BCUT2D eigenvalue weighted by Crippen LogP contribution is -2.43. The molecule has 0 radical (unpaired) electrons. The molecule has 1 N–H and O–H groups in total. The van der Waals surface area contributed by atoms with Gasteiger partial charge >= 0.3 is 6.03 Å². The number of benzene rings is 1. The minimum absolute atomic E-state index is 0.193. The van der Waals surface area contributed by atoms with Crippen LogP contribution in [0.1, 0.15) is 40.3 Å². The summed E-state index contributed by atoms with van der Waals surface area (Å²) in [4.78, 5) is 12.1. The molecule has 0 atom stereocenters. The predicted octanol–water partition coefficient (Wildman–Crippen LogP) is 3.73. The van der Waals surface area contributed by atoms with Gasteiger partial charge in [-0.1, -0.05) is 32.0 Å². The van der Waals surface area contributed by atoms with E-state index in [4.69, 9.17) is 0 Å². The van der Waals surface area contributed by atoms with Gasteiger partial charge in [-0.05, 0) is 33.8 Å².